The highest BCUT2D eigenvalue weighted by atomic mass is 19.1. The zero-order valence-corrected chi connectivity index (χ0v) is 12.7. The lowest BCUT2D eigenvalue weighted by molar-refractivity contribution is -0.384. The molecule has 5 nitrogen and oxygen atoms in total. The highest BCUT2D eigenvalue weighted by Crippen LogP contribution is 2.28. The molecule has 1 aromatic rings. The molecule has 6 heteroatoms. The smallest absolute Gasteiger partial charge is 0.295 e. The number of nitro benzene ring substituents is 1. The van der Waals surface area contributed by atoms with Gasteiger partial charge in [-0.15, -0.1) is 0 Å². The summed E-state index contributed by atoms with van der Waals surface area (Å²) in [5, 5.41) is 14.1. The zero-order valence-electron chi connectivity index (χ0n) is 12.7. The largest absolute Gasteiger partial charge is 0.379 e. The molecule has 116 valence electrons. The lowest BCUT2D eigenvalue weighted by Crippen LogP contribution is -2.29. The molecule has 1 aliphatic rings. The number of halogens is 1. The number of aryl methyl sites for hydroxylation is 1. The van der Waals surface area contributed by atoms with E-state index in [9.17, 15) is 14.5 Å². The quantitative estimate of drug-likeness (QED) is 0.669. The van der Waals surface area contributed by atoms with Gasteiger partial charge in [0.15, 0.2) is 0 Å². The summed E-state index contributed by atoms with van der Waals surface area (Å²) in [6.07, 6.45) is 1.08. The first-order valence-electron chi connectivity index (χ1n) is 7.31. The number of nitrogens with zero attached hydrogens (tertiary/aromatic N) is 2. The minimum absolute atomic E-state index is 0.197. The molecule has 1 aliphatic heterocycles. The third-order valence-corrected chi connectivity index (χ3v) is 4.10. The van der Waals surface area contributed by atoms with Gasteiger partial charge < -0.3 is 10.2 Å². The van der Waals surface area contributed by atoms with Gasteiger partial charge in [-0.3, -0.25) is 10.1 Å². The van der Waals surface area contributed by atoms with E-state index >= 15 is 0 Å². The summed E-state index contributed by atoms with van der Waals surface area (Å²) in [5.41, 5.74) is 0.622. The van der Waals surface area contributed by atoms with Crippen molar-refractivity contribution in [3.63, 3.8) is 0 Å². The molecule has 1 unspecified atom stereocenters. The van der Waals surface area contributed by atoms with Gasteiger partial charge in [0.25, 0.3) is 5.69 Å². The number of hydrogen-bond donors (Lipinski definition) is 1. The minimum Gasteiger partial charge on any atom is -0.379 e. The molecule has 1 fully saturated rings. The summed E-state index contributed by atoms with van der Waals surface area (Å²) in [5.74, 6) is -0.0727. The number of nitrogens with one attached hydrogen (secondary N) is 1. The van der Waals surface area contributed by atoms with E-state index < -0.39 is 10.7 Å². The van der Waals surface area contributed by atoms with E-state index in [1.165, 1.54) is 6.07 Å². The van der Waals surface area contributed by atoms with Gasteiger partial charge in [-0.25, -0.2) is 4.39 Å². The first-order valence-corrected chi connectivity index (χ1v) is 7.31. The van der Waals surface area contributed by atoms with E-state index in [1.807, 2.05) is 0 Å². The Morgan fingerprint density at radius 3 is 2.81 bits per heavy atom. The predicted octanol–water partition coefficient (Wildman–Crippen LogP) is 3.18. The molecule has 0 radical (unpaired) electrons. The van der Waals surface area contributed by atoms with Gasteiger partial charge in [-0.1, -0.05) is 0 Å². The molecule has 0 spiro atoms. The van der Waals surface area contributed by atoms with E-state index in [0.717, 1.165) is 25.6 Å². The van der Waals surface area contributed by atoms with Crippen LogP contribution in [0.3, 0.4) is 0 Å². The van der Waals surface area contributed by atoms with E-state index in [-0.39, 0.29) is 5.69 Å². The van der Waals surface area contributed by atoms with Crippen LogP contribution in [0.2, 0.25) is 0 Å². The second-order valence-electron chi connectivity index (χ2n) is 6.00. The van der Waals surface area contributed by atoms with Crippen LogP contribution in [0.15, 0.2) is 12.1 Å². The number of nitro groups is 1. The second kappa shape index (κ2) is 6.39. The normalized spacial score (nSPS) is 19.2. The van der Waals surface area contributed by atoms with Gasteiger partial charge in [0.05, 0.1) is 11.0 Å². The van der Waals surface area contributed by atoms with Crippen molar-refractivity contribution in [1.29, 1.82) is 0 Å². The van der Waals surface area contributed by atoms with Crippen LogP contribution in [0.5, 0.6) is 0 Å². The van der Waals surface area contributed by atoms with Crippen LogP contribution >= 0.6 is 0 Å². The molecule has 1 heterocycles. The molecule has 0 saturated carbocycles. The number of benzene rings is 1. The molecule has 0 aromatic heterocycles. The third kappa shape index (κ3) is 3.69. The maximum atomic E-state index is 13.5. The van der Waals surface area contributed by atoms with E-state index in [4.69, 9.17) is 0 Å². The van der Waals surface area contributed by atoms with Crippen molar-refractivity contribution in [2.24, 2.45) is 5.92 Å². The summed E-state index contributed by atoms with van der Waals surface area (Å²) in [4.78, 5) is 12.9. The predicted molar refractivity (Wildman–Crippen MR) is 81.1 cm³/mol. The number of anilines is 1. The lowest BCUT2D eigenvalue weighted by atomic mass is 10.1. The van der Waals surface area contributed by atoms with Crippen molar-refractivity contribution >= 4 is 11.4 Å². The fourth-order valence-electron chi connectivity index (χ4n) is 2.72. The topological polar surface area (TPSA) is 58.4 Å². The van der Waals surface area contributed by atoms with Crippen LogP contribution in [0, 0.1) is 28.8 Å². The van der Waals surface area contributed by atoms with Gasteiger partial charge >= 0.3 is 0 Å². The van der Waals surface area contributed by atoms with Gasteiger partial charge in [-0.2, -0.15) is 0 Å². The third-order valence-electron chi connectivity index (χ3n) is 4.10. The summed E-state index contributed by atoms with van der Waals surface area (Å²) in [7, 11) is 0. The van der Waals surface area contributed by atoms with Crippen molar-refractivity contribution in [3.8, 4) is 0 Å². The van der Waals surface area contributed by atoms with Crippen LogP contribution < -0.4 is 5.32 Å². The van der Waals surface area contributed by atoms with Gasteiger partial charge in [0.2, 0.25) is 0 Å². The molecular weight excluding hydrogens is 273 g/mol. The fourth-order valence-corrected chi connectivity index (χ4v) is 2.72. The van der Waals surface area contributed by atoms with Crippen molar-refractivity contribution in [1.82, 2.24) is 4.90 Å². The molecular formula is C15H22FN3O2. The van der Waals surface area contributed by atoms with Crippen molar-refractivity contribution in [2.75, 3.05) is 25.0 Å². The molecule has 0 amide bonds. The Kier molecular flexibility index (Phi) is 4.77. The molecule has 1 atom stereocenters. The summed E-state index contributed by atoms with van der Waals surface area (Å²) >= 11 is 0. The van der Waals surface area contributed by atoms with Gasteiger partial charge in [0, 0.05) is 19.1 Å². The average Bonchev–Trinajstić information content (AvgIpc) is 2.88. The van der Waals surface area contributed by atoms with Crippen molar-refractivity contribution in [3.05, 3.63) is 33.6 Å². The maximum absolute atomic E-state index is 13.5. The minimum atomic E-state index is -0.543. The number of rotatable bonds is 5. The first kappa shape index (κ1) is 15.7. The van der Waals surface area contributed by atoms with Gasteiger partial charge in [0.1, 0.15) is 11.5 Å². The van der Waals surface area contributed by atoms with Crippen LogP contribution in [0.1, 0.15) is 25.8 Å². The van der Waals surface area contributed by atoms with Crippen LogP contribution in [-0.2, 0) is 0 Å². The maximum Gasteiger partial charge on any atom is 0.295 e. The van der Waals surface area contributed by atoms with E-state index in [2.05, 4.69) is 24.1 Å². The van der Waals surface area contributed by atoms with Crippen molar-refractivity contribution < 1.29 is 9.31 Å². The SMILES string of the molecule is Cc1cc(NCC2CCN(C(C)C)C2)c([N+](=O)[O-])cc1F. The van der Waals surface area contributed by atoms with Crippen LogP contribution in [0.25, 0.3) is 0 Å². The molecule has 0 bridgehead atoms. The Morgan fingerprint density at radius 1 is 1.52 bits per heavy atom. The van der Waals surface area contributed by atoms with Crippen LogP contribution in [0.4, 0.5) is 15.8 Å². The fraction of sp³-hybridized carbons (Fsp3) is 0.600. The highest BCUT2D eigenvalue weighted by Gasteiger charge is 2.25. The highest BCUT2D eigenvalue weighted by molar-refractivity contribution is 5.63. The second-order valence-corrected chi connectivity index (χ2v) is 6.00. The zero-order chi connectivity index (χ0) is 15.6. The Bertz CT molecular complexity index is 534. The number of hydrogen-bond acceptors (Lipinski definition) is 4. The average molecular weight is 295 g/mol. The molecule has 0 aliphatic carbocycles. The standard InChI is InChI=1S/C15H22FN3O2/c1-10(2)18-5-4-12(9-18)8-17-14-6-11(3)13(16)7-15(14)19(20)21/h6-7,10,12,17H,4-5,8-9H2,1-3H3. The Labute approximate surface area is 124 Å². The van der Waals surface area contributed by atoms with Crippen molar-refractivity contribution in [2.45, 2.75) is 33.2 Å². The van der Waals surface area contributed by atoms with Gasteiger partial charge in [-0.05, 0) is 51.3 Å². The van der Waals surface area contributed by atoms with Crippen LogP contribution in [-0.4, -0.2) is 35.5 Å². The molecule has 1 N–H and O–H groups in total. The summed E-state index contributed by atoms with van der Waals surface area (Å²) < 4.78 is 13.5. The molecule has 1 aromatic carbocycles. The summed E-state index contributed by atoms with van der Waals surface area (Å²) in [6, 6.07) is 3.03. The Morgan fingerprint density at radius 2 is 2.24 bits per heavy atom. The first-order chi connectivity index (χ1) is 9.88. The summed E-state index contributed by atoms with van der Waals surface area (Å²) in [6.45, 7) is 8.69. The van der Waals surface area contributed by atoms with E-state index in [0.29, 0.717) is 29.8 Å². The molecule has 21 heavy (non-hydrogen) atoms. The lowest BCUT2D eigenvalue weighted by Gasteiger charge is -2.20. The molecule has 2 rings (SSSR count). The monoisotopic (exact) mass is 295 g/mol. The number of likely N-dealkylation sites (tertiary alicyclic amines) is 1. The van der Waals surface area contributed by atoms with E-state index in [1.54, 1.807) is 6.92 Å². The Hall–Kier alpha value is -1.69. The molecule has 1 saturated heterocycles. The Balaban J connectivity index is 2.03.